The first-order valence-corrected chi connectivity index (χ1v) is 6.49. The van der Waals surface area contributed by atoms with Gasteiger partial charge in [0, 0.05) is 11.3 Å². The van der Waals surface area contributed by atoms with Gasteiger partial charge in [-0.05, 0) is 29.8 Å². The Morgan fingerprint density at radius 1 is 1.29 bits per heavy atom. The summed E-state index contributed by atoms with van der Waals surface area (Å²) in [5.41, 5.74) is 7.37. The highest BCUT2D eigenvalue weighted by atomic mass is 19.1. The van der Waals surface area contributed by atoms with Crippen LogP contribution < -0.4 is 10.5 Å². The van der Waals surface area contributed by atoms with Crippen molar-refractivity contribution in [2.45, 2.75) is 12.2 Å². The highest BCUT2D eigenvalue weighted by Crippen LogP contribution is 2.42. The molecule has 5 heteroatoms. The van der Waals surface area contributed by atoms with Crippen LogP contribution in [0.15, 0.2) is 42.5 Å². The molecular weight excluding hydrogens is 273 g/mol. The second-order valence-electron chi connectivity index (χ2n) is 4.82. The maximum absolute atomic E-state index is 13.4. The maximum atomic E-state index is 13.4. The highest BCUT2D eigenvalue weighted by Gasteiger charge is 2.46. The van der Waals surface area contributed by atoms with Crippen molar-refractivity contribution in [1.29, 1.82) is 0 Å². The number of anilines is 1. The Morgan fingerprint density at radius 2 is 2.05 bits per heavy atom. The van der Waals surface area contributed by atoms with Crippen LogP contribution in [0.25, 0.3) is 0 Å². The van der Waals surface area contributed by atoms with Crippen LogP contribution in [0.3, 0.4) is 0 Å². The van der Waals surface area contributed by atoms with Gasteiger partial charge in [0.25, 0.3) is 0 Å². The molecule has 2 aromatic carbocycles. The van der Waals surface area contributed by atoms with Crippen LogP contribution in [-0.2, 0) is 4.74 Å². The lowest BCUT2D eigenvalue weighted by Gasteiger charge is -2.04. The zero-order chi connectivity index (χ0) is 15.0. The number of Topliss-reactive ketones (excluding diaryl/α,β-unsaturated/α-hetero) is 1. The summed E-state index contributed by atoms with van der Waals surface area (Å²) in [7, 11) is 1.39. The van der Waals surface area contributed by atoms with E-state index in [9.17, 15) is 9.18 Å². The molecule has 2 aromatic rings. The summed E-state index contributed by atoms with van der Waals surface area (Å²) < 4.78 is 23.7. The minimum Gasteiger partial charge on any atom is -0.494 e. The van der Waals surface area contributed by atoms with Gasteiger partial charge < -0.3 is 15.2 Å². The van der Waals surface area contributed by atoms with Crippen LogP contribution in [0, 0.1) is 5.82 Å². The lowest BCUT2D eigenvalue weighted by molar-refractivity contribution is 0.0954. The quantitative estimate of drug-likeness (QED) is 0.533. The van der Waals surface area contributed by atoms with E-state index >= 15 is 0 Å². The lowest BCUT2D eigenvalue weighted by Crippen LogP contribution is -2.10. The van der Waals surface area contributed by atoms with E-state index in [0.29, 0.717) is 16.8 Å². The Balaban J connectivity index is 1.80. The van der Waals surface area contributed by atoms with Gasteiger partial charge in [-0.25, -0.2) is 4.39 Å². The molecular formula is C16H14FNO3. The van der Waals surface area contributed by atoms with E-state index in [-0.39, 0.29) is 17.6 Å². The molecule has 4 nitrogen and oxygen atoms in total. The number of nitrogen functional groups attached to an aromatic ring is 1. The van der Waals surface area contributed by atoms with E-state index in [0.717, 1.165) is 0 Å². The standard InChI is InChI=1S/C16H14FNO3/c1-20-13-8-9(6-7-11(13)17)15-16(21-15)14(19)10-4-2-3-5-12(10)18/h2-8,15-16H,18H2,1H3. The van der Waals surface area contributed by atoms with Crippen molar-refractivity contribution >= 4 is 11.5 Å². The average Bonchev–Trinajstić information content (AvgIpc) is 3.28. The number of rotatable bonds is 4. The number of methoxy groups -OCH3 is 1. The molecule has 2 atom stereocenters. The number of benzene rings is 2. The highest BCUT2D eigenvalue weighted by molar-refractivity contribution is 6.05. The minimum atomic E-state index is -0.579. The third-order valence-electron chi connectivity index (χ3n) is 3.48. The average molecular weight is 287 g/mol. The molecule has 1 saturated heterocycles. The van der Waals surface area contributed by atoms with E-state index in [1.54, 1.807) is 36.4 Å². The SMILES string of the molecule is COc1cc(C2OC2C(=O)c2ccccc2N)ccc1F. The predicted octanol–water partition coefficient (Wildman–Crippen LogP) is 2.74. The number of ketones is 1. The number of para-hydroxylation sites is 1. The maximum Gasteiger partial charge on any atom is 0.196 e. The monoisotopic (exact) mass is 287 g/mol. The Kier molecular flexibility index (Phi) is 3.35. The Morgan fingerprint density at radius 3 is 2.76 bits per heavy atom. The van der Waals surface area contributed by atoms with Crippen LogP contribution >= 0.6 is 0 Å². The summed E-state index contributed by atoms with van der Waals surface area (Å²) in [4.78, 5) is 12.3. The van der Waals surface area contributed by atoms with Crippen molar-refractivity contribution in [2.24, 2.45) is 0 Å². The van der Waals surface area contributed by atoms with E-state index in [1.807, 2.05) is 0 Å². The minimum absolute atomic E-state index is 0.133. The summed E-state index contributed by atoms with van der Waals surface area (Å²) >= 11 is 0. The molecule has 0 bridgehead atoms. The van der Waals surface area contributed by atoms with Crippen LogP contribution in [-0.4, -0.2) is 19.0 Å². The van der Waals surface area contributed by atoms with Crippen molar-refractivity contribution in [1.82, 2.24) is 0 Å². The van der Waals surface area contributed by atoms with Gasteiger partial charge in [-0.3, -0.25) is 4.79 Å². The van der Waals surface area contributed by atoms with Gasteiger partial charge >= 0.3 is 0 Å². The number of hydrogen-bond donors (Lipinski definition) is 1. The number of halogens is 1. The molecule has 1 aliphatic rings. The van der Waals surface area contributed by atoms with Crippen LogP contribution in [0.4, 0.5) is 10.1 Å². The van der Waals surface area contributed by atoms with Crippen molar-refractivity contribution in [3.63, 3.8) is 0 Å². The van der Waals surface area contributed by atoms with E-state index in [4.69, 9.17) is 15.2 Å². The van der Waals surface area contributed by atoms with Gasteiger partial charge in [0.1, 0.15) is 6.10 Å². The zero-order valence-corrected chi connectivity index (χ0v) is 11.4. The Bertz CT molecular complexity index is 702. The summed E-state index contributed by atoms with van der Waals surface area (Å²) in [6.07, 6.45) is -0.962. The van der Waals surface area contributed by atoms with Gasteiger partial charge in [0.15, 0.2) is 23.5 Å². The van der Waals surface area contributed by atoms with Crippen molar-refractivity contribution in [3.05, 3.63) is 59.4 Å². The number of carbonyl (C=O) groups excluding carboxylic acids is 1. The molecule has 1 fully saturated rings. The molecule has 0 radical (unpaired) electrons. The molecule has 0 aliphatic carbocycles. The summed E-state index contributed by atoms with van der Waals surface area (Å²) in [6, 6.07) is 11.3. The van der Waals surface area contributed by atoms with Gasteiger partial charge in [0.05, 0.1) is 7.11 Å². The fraction of sp³-hybridized carbons (Fsp3) is 0.188. The molecule has 0 amide bonds. The molecule has 2 N–H and O–H groups in total. The predicted molar refractivity (Wildman–Crippen MR) is 75.8 cm³/mol. The topological polar surface area (TPSA) is 64.8 Å². The van der Waals surface area contributed by atoms with Crippen LogP contribution in [0.2, 0.25) is 0 Å². The number of nitrogens with two attached hydrogens (primary N) is 1. The van der Waals surface area contributed by atoms with Crippen molar-refractivity contribution in [3.8, 4) is 5.75 Å². The van der Waals surface area contributed by atoms with Crippen molar-refractivity contribution < 1.29 is 18.7 Å². The summed E-state index contributed by atoms with van der Waals surface area (Å²) in [6.45, 7) is 0. The lowest BCUT2D eigenvalue weighted by atomic mass is 10.0. The molecule has 1 heterocycles. The molecule has 2 unspecified atom stereocenters. The number of carbonyl (C=O) groups is 1. The first-order valence-electron chi connectivity index (χ1n) is 6.49. The second-order valence-corrected chi connectivity index (χ2v) is 4.82. The summed E-state index contributed by atoms with van der Waals surface area (Å²) in [5.74, 6) is -0.480. The molecule has 1 aliphatic heterocycles. The molecule has 3 rings (SSSR count). The van der Waals surface area contributed by atoms with Crippen molar-refractivity contribution in [2.75, 3.05) is 12.8 Å². The molecule has 108 valence electrons. The fourth-order valence-electron chi connectivity index (χ4n) is 2.29. The molecule has 0 aromatic heterocycles. The molecule has 0 spiro atoms. The Hall–Kier alpha value is -2.40. The number of ether oxygens (including phenoxy) is 2. The first-order chi connectivity index (χ1) is 10.1. The largest absolute Gasteiger partial charge is 0.494 e. The third-order valence-corrected chi connectivity index (χ3v) is 3.48. The second kappa shape index (κ2) is 5.18. The van der Waals surface area contributed by atoms with Gasteiger partial charge in [-0.2, -0.15) is 0 Å². The van der Waals surface area contributed by atoms with Gasteiger partial charge in [-0.15, -0.1) is 0 Å². The normalized spacial score (nSPS) is 20.1. The van der Waals surface area contributed by atoms with E-state index in [1.165, 1.54) is 13.2 Å². The third kappa shape index (κ3) is 2.48. The number of epoxide rings is 1. The fourth-order valence-corrected chi connectivity index (χ4v) is 2.29. The summed E-state index contributed by atoms with van der Waals surface area (Å²) in [5, 5.41) is 0. The molecule has 21 heavy (non-hydrogen) atoms. The zero-order valence-electron chi connectivity index (χ0n) is 11.4. The molecule has 0 saturated carbocycles. The van der Waals surface area contributed by atoms with Crippen LogP contribution in [0.5, 0.6) is 5.75 Å². The van der Waals surface area contributed by atoms with E-state index in [2.05, 4.69) is 0 Å². The van der Waals surface area contributed by atoms with E-state index < -0.39 is 11.9 Å². The van der Waals surface area contributed by atoms with Gasteiger partial charge in [0.2, 0.25) is 0 Å². The van der Waals surface area contributed by atoms with Crippen LogP contribution in [0.1, 0.15) is 22.0 Å². The Labute approximate surface area is 121 Å². The first kappa shape index (κ1) is 13.6. The number of hydrogen-bond acceptors (Lipinski definition) is 4. The smallest absolute Gasteiger partial charge is 0.196 e. The van der Waals surface area contributed by atoms with Gasteiger partial charge in [-0.1, -0.05) is 18.2 Å².